The van der Waals surface area contributed by atoms with E-state index < -0.39 is 0 Å². The lowest BCUT2D eigenvalue weighted by Crippen LogP contribution is -2.49. The maximum Gasteiger partial charge on any atom is 0.317 e. The van der Waals surface area contributed by atoms with Gasteiger partial charge in [-0.15, -0.1) is 6.58 Å². The number of hydrogen-bond donors (Lipinski definition) is 1. The fourth-order valence-corrected chi connectivity index (χ4v) is 4.29. The van der Waals surface area contributed by atoms with E-state index in [1.165, 1.54) is 16.7 Å². The van der Waals surface area contributed by atoms with Crippen LogP contribution in [0.15, 0.2) is 30.9 Å². The molecule has 1 atom stereocenters. The van der Waals surface area contributed by atoms with Crippen molar-refractivity contribution < 1.29 is 9.53 Å². The minimum atomic E-state index is 0.0615. The van der Waals surface area contributed by atoms with Gasteiger partial charge < -0.3 is 15.0 Å². The molecule has 2 amide bonds. The van der Waals surface area contributed by atoms with Gasteiger partial charge in [0.2, 0.25) is 0 Å². The largest absolute Gasteiger partial charge is 0.369 e. The highest BCUT2D eigenvalue weighted by molar-refractivity contribution is 5.74. The van der Waals surface area contributed by atoms with Crippen molar-refractivity contribution in [2.45, 2.75) is 57.6 Å². The number of ether oxygens (including phenoxy) is 1. The van der Waals surface area contributed by atoms with E-state index in [9.17, 15) is 4.79 Å². The van der Waals surface area contributed by atoms with E-state index in [1.54, 1.807) is 0 Å². The number of fused-ring (bicyclic) bond motifs is 2. The zero-order valence-corrected chi connectivity index (χ0v) is 15.7. The highest BCUT2D eigenvalue weighted by Gasteiger charge is 2.46. The van der Waals surface area contributed by atoms with Gasteiger partial charge in [0, 0.05) is 24.5 Å². The van der Waals surface area contributed by atoms with Crippen LogP contribution in [0.5, 0.6) is 0 Å². The summed E-state index contributed by atoms with van der Waals surface area (Å²) in [5.74, 6) is 0. The number of piperidine rings is 1. The number of likely N-dealkylation sites (tertiary alicyclic amines) is 1. The molecule has 4 nitrogen and oxygen atoms in total. The van der Waals surface area contributed by atoms with Crippen molar-refractivity contribution in [3.8, 4) is 0 Å². The first kappa shape index (κ1) is 18.0. The van der Waals surface area contributed by atoms with Crippen LogP contribution in [0, 0.1) is 6.92 Å². The third kappa shape index (κ3) is 3.59. The minimum absolute atomic E-state index is 0.0615. The van der Waals surface area contributed by atoms with Crippen LogP contribution in [-0.4, -0.2) is 36.7 Å². The van der Waals surface area contributed by atoms with Crippen LogP contribution in [0.25, 0.3) is 0 Å². The van der Waals surface area contributed by atoms with Crippen LogP contribution < -0.4 is 5.32 Å². The zero-order valence-electron chi connectivity index (χ0n) is 15.7. The third-order valence-corrected chi connectivity index (χ3v) is 5.54. The summed E-state index contributed by atoms with van der Waals surface area (Å²) in [6, 6.07) is 7.00. The van der Waals surface area contributed by atoms with Crippen LogP contribution in [0.2, 0.25) is 0 Å². The Morgan fingerprint density at radius 1 is 1.44 bits per heavy atom. The first-order valence-corrected chi connectivity index (χ1v) is 9.34. The fourth-order valence-electron chi connectivity index (χ4n) is 4.29. The molecule has 1 aromatic rings. The number of hydrogen-bond acceptors (Lipinski definition) is 2. The van der Waals surface area contributed by atoms with Crippen LogP contribution >= 0.6 is 0 Å². The summed E-state index contributed by atoms with van der Waals surface area (Å²) < 4.78 is 6.08. The predicted molar refractivity (Wildman–Crippen MR) is 101 cm³/mol. The Morgan fingerprint density at radius 2 is 2.16 bits per heavy atom. The quantitative estimate of drug-likeness (QED) is 0.837. The van der Waals surface area contributed by atoms with Gasteiger partial charge in [-0.1, -0.05) is 29.8 Å². The van der Waals surface area contributed by atoms with Crippen LogP contribution in [0.1, 0.15) is 55.9 Å². The molecular weight excluding hydrogens is 312 g/mol. The molecule has 1 fully saturated rings. The average molecular weight is 342 g/mol. The molecule has 0 saturated carbocycles. The molecule has 1 spiro atoms. The Kier molecular flexibility index (Phi) is 5.19. The summed E-state index contributed by atoms with van der Waals surface area (Å²) in [6.45, 7) is 12.1. The summed E-state index contributed by atoms with van der Waals surface area (Å²) in [6.07, 6.45) is 4.98. The number of benzene rings is 1. The molecule has 1 saturated heterocycles. The summed E-state index contributed by atoms with van der Waals surface area (Å²) >= 11 is 0. The second-order valence-corrected chi connectivity index (χ2v) is 7.78. The number of urea groups is 1. The molecule has 0 unspecified atom stereocenters. The fraction of sp³-hybridized carbons (Fsp3) is 0.571. The Labute approximate surface area is 151 Å². The van der Waals surface area contributed by atoms with Crippen molar-refractivity contribution in [2.24, 2.45) is 0 Å². The minimum Gasteiger partial charge on any atom is -0.369 e. The monoisotopic (exact) mass is 342 g/mol. The molecular formula is C21H30N2O2. The highest BCUT2D eigenvalue weighted by Crippen LogP contribution is 2.52. The summed E-state index contributed by atoms with van der Waals surface area (Å²) in [4.78, 5) is 14.2. The van der Waals surface area contributed by atoms with E-state index in [0.717, 1.165) is 32.4 Å². The van der Waals surface area contributed by atoms with E-state index in [0.29, 0.717) is 6.61 Å². The van der Waals surface area contributed by atoms with Gasteiger partial charge in [0.15, 0.2) is 0 Å². The maximum atomic E-state index is 12.3. The van der Waals surface area contributed by atoms with Crippen molar-refractivity contribution in [3.63, 3.8) is 0 Å². The molecule has 1 aromatic carbocycles. The SMILES string of the molecule is C=CCO[C@H]1CC2(CCN(C(=O)NC(C)C)CC2)c2ccc(C)cc21. The van der Waals surface area contributed by atoms with Gasteiger partial charge in [0.25, 0.3) is 0 Å². The van der Waals surface area contributed by atoms with E-state index >= 15 is 0 Å². The second kappa shape index (κ2) is 7.20. The van der Waals surface area contributed by atoms with Gasteiger partial charge in [-0.2, -0.15) is 0 Å². The number of carbonyl (C=O) groups is 1. The van der Waals surface area contributed by atoms with Gasteiger partial charge in [0.1, 0.15) is 0 Å². The van der Waals surface area contributed by atoms with Crippen molar-refractivity contribution in [1.29, 1.82) is 0 Å². The number of rotatable bonds is 4. The molecule has 0 aromatic heterocycles. The van der Waals surface area contributed by atoms with Crippen LogP contribution in [-0.2, 0) is 10.2 Å². The smallest absolute Gasteiger partial charge is 0.317 e. The Balaban J connectivity index is 1.77. The Bertz CT molecular complexity index is 645. The second-order valence-electron chi connectivity index (χ2n) is 7.78. The van der Waals surface area contributed by atoms with Gasteiger partial charge in [-0.25, -0.2) is 4.79 Å². The van der Waals surface area contributed by atoms with E-state index in [2.05, 4.69) is 37.0 Å². The van der Waals surface area contributed by atoms with Crippen molar-refractivity contribution in [3.05, 3.63) is 47.5 Å². The number of nitrogens with zero attached hydrogens (tertiary/aromatic N) is 1. The van der Waals surface area contributed by atoms with Crippen LogP contribution in [0.4, 0.5) is 4.79 Å². The summed E-state index contributed by atoms with van der Waals surface area (Å²) in [5.41, 5.74) is 4.18. The molecule has 1 aliphatic heterocycles. The number of aryl methyl sites for hydroxylation is 1. The molecule has 1 heterocycles. The van der Waals surface area contributed by atoms with Gasteiger partial charge in [-0.05, 0) is 51.2 Å². The lowest BCUT2D eigenvalue weighted by molar-refractivity contribution is 0.0519. The Hall–Kier alpha value is -1.81. The van der Waals surface area contributed by atoms with E-state index in [4.69, 9.17) is 4.74 Å². The Morgan fingerprint density at radius 3 is 2.80 bits per heavy atom. The molecule has 1 aliphatic carbocycles. The van der Waals surface area contributed by atoms with Crippen molar-refractivity contribution in [1.82, 2.24) is 10.2 Å². The molecule has 136 valence electrons. The molecule has 25 heavy (non-hydrogen) atoms. The summed E-state index contributed by atoms with van der Waals surface area (Å²) in [7, 11) is 0. The molecule has 2 aliphatic rings. The topological polar surface area (TPSA) is 41.6 Å². The number of nitrogens with one attached hydrogen (secondary N) is 1. The standard InChI is InChI=1S/C21H30N2O2/c1-5-12-25-19-14-21(18-7-6-16(4)13-17(18)19)8-10-23(11-9-21)20(24)22-15(2)3/h5-7,13,15,19H,1,8-12,14H2,2-4H3,(H,22,24)/t19-/m0/s1. The predicted octanol–water partition coefficient (Wildman–Crippen LogP) is 4.09. The average Bonchev–Trinajstić information content (AvgIpc) is 2.86. The van der Waals surface area contributed by atoms with E-state index in [-0.39, 0.29) is 23.6 Å². The molecule has 1 N–H and O–H groups in total. The van der Waals surface area contributed by atoms with E-state index in [1.807, 2.05) is 24.8 Å². The molecule has 4 heteroatoms. The molecule has 0 bridgehead atoms. The number of carbonyl (C=O) groups excluding carboxylic acids is 1. The molecule has 0 radical (unpaired) electrons. The van der Waals surface area contributed by atoms with Crippen LogP contribution in [0.3, 0.4) is 0 Å². The normalized spacial score (nSPS) is 21.4. The number of amides is 2. The summed E-state index contributed by atoms with van der Waals surface area (Å²) in [5, 5.41) is 3.01. The third-order valence-electron chi connectivity index (χ3n) is 5.54. The maximum absolute atomic E-state index is 12.3. The highest BCUT2D eigenvalue weighted by atomic mass is 16.5. The lowest BCUT2D eigenvalue weighted by Gasteiger charge is -2.40. The zero-order chi connectivity index (χ0) is 18.0. The first-order valence-electron chi connectivity index (χ1n) is 9.34. The van der Waals surface area contributed by atoms with Gasteiger partial charge >= 0.3 is 6.03 Å². The first-order chi connectivity index (χ1) is 11.9. The van der Waals surface area contributed by atoms with Crippen molar-refractivity contribution in [2.75, 3.05) is 19.7 Å². The lowest BCUT2D eigenvalue weighted by atomic mass is 9.73. The molecule has 3 rings (SSSR count). The van der Waals surface area contributed by atoms with Crippen molar-refractivity contribution >= 4 is 6.03 Å². The van der Waals surface area contributed by atoms with Gasteiger partial charge in [0.05, 0.1) is 12.7 Å². The van der Waals surface area contributed by atoms with Gasteiger partial charge in [-0.3, -0.25) is 0 Å².